The van der Waals surface area contributed by atoms with Gasteiger partial charge in [-0.2, -0.15) is 0 Å². The lowest BCUT2D eigenvalue weighted by Gasteiger charge is -2.36. The van der Waals surface area contributed by atoms with Gasteiger partial charge in [0.2, 0.25) is 0 Å². The van der Waals surface area contributed by atoms with Gasteiger partial charge < -0.3 is 10.2 Å². The summed E-state index contributed by atoms with van der Waals surface area (Å²) in [6, 6.07) is 19.7. The van der Waals surface area contributed by atoms with Crippen molar-refractivity contribution in [3.05, 3.63) is 60.2 Å². The van der Waals surface area contributed by atoms with E-state index in [1.165, 1.54) is 34.2 Å². The largest absolute Gasteiger partial charge is 0.369 e. The molecule has 2 saturated heterocycles. The van der Waals surface area contributed by atoms with Crippen molar-refractivity contribution in [1.82, 2.24) is 10.2 Å². The maximum absolute atomic E-state index is 3.61. The smallest absolute Gasteiger partial charge is 0.0800 e. The fourth-order valence-corrected chi connectivity index (χ4v) is 5.87. The molecule has 0 saturated carbocycles. The van der Waals surface area contributed by atoms with Gasteiger partial charge in [0.05, 0.1) is 5.37 Å². The molecule has 0 radical (unpaired) electrons. The molecule has 1 atom stereocenters. The molecule has 5 heteroatoms. The molecule has 0 spiro atoms. The third kappa shape index (κ3) is 4.58. The van der Waals surface area contributed by atoms with Crippen LogP contribution in [-0.4, -0.2) is 55.7 Å². The number of benzene rings is 2. The van der Waals surface area contributed by atoms with Crippen LogP contribution in [-0.2, 0) is 0 Å². The number of rotatable bonds is 6. The lowest BCUT2D eigenvalue weighted by Crippen LogP contribution is -2.47. The Morgan fingerprint density at radius 1 is 0.962 bits per heavy atom. The van der Waals surface area contributed by atoms with Crippen molar-refractivity contribution < 1.29 is 0 Å². The molecule has 138 valence electrons. The molecule has 3 nitrogen and oxygen atoms in total. The van der Waals surface area contributed by atoms with Gasteiger partial charge in [-0.05, 0) is 23.8 Å². The van der Waals surface area contributed by atoms with E-state index in [2.05, 4.69) is 69.7 Å². The van der Waals surface area contributed by atoms with Gasteiger partial charge in [0, 0.05) is 61.4 Å². The summed E-state index contributed by atoms with van der Waals surface area (Å²) in [6.07, 6.45) is 0. The number of nitrogens with one attached hydrogen (secondary N) is 1. The molecule has 2 heterocycles. The summed E-state index contributed by atoms with van der Waals surface area (Å²) in [5.74, 6) is 2.38. The fraction of sp³-hybridized carbons (Fsp3) is 0.429. The van der Waals surface area contributed by atoms with Gasteiger partial charge in [0.1, 0.15) is 0 Å². The van der Waals surface area contributed by atoms with Crippen LogP contribution >= 0.6 is 23.5 Å². The third-order valence-corrected chi connectivity index (χ3v) is 7.34. The Bertz CT molecular complexity index is 681. The Morgan fingerprint density at radius 3 is 2.50 bits per heavy atom. The quantitative estimate of drug-likeness (QED) is 0.757. The van der Waals surface area contributed by atoms with E-state index in [0.717, 1.165) is 32.7 Å². The molecular formula is C21H27N3S2. The zero-order chi connectivity index (χ0) is 17.6. The highest BCUT2D eigenvalue weighted by molar-refractivity contribution is 8.00. The zero-order valence-corrected chi connectivity index (χ0v) is 16.8. The Labute approximate surface area is 165 Å². The number of piperazine rings is 1. The lowest BCUT2D eigenvalue weighted by atomic mass is 10.2. The molecule has 4 rings (SSSR count). The molecular weight excluding hydrogens is 358 g/mol. The van der Waals surface area contributed by atoms with Crippen LogP contribution in [0.5, 0.6) is 0 Å². The molecule has 0 aromatic heterocycles. The highest BCUT2D eigenvalue weighted by Crippen LogP contribution is 2.36. The Morgan fingerprint density at radius 2 is 1.73 bits per heavy atom. The van der Waals surface area contributed by atoms with Gasteiger partial charge in [-0.3, -0.25) is 4.90 Å². The number of hydrogen-bond donors (Lipinski definition) is 1. The first-order valence-corrected chi connectivity index (χ1v) is 11.5. The van der Waals surface area contributed by atoms with Crippen molar-refractivity contribution in [1.29, 1.82) is 0 Å². The van der Waals surface area contributed by atoms with Crippen molar-refractivity contribution in [2.24, 2.45) is 0 Å². The Kier molecular flexibility index (Phi) is 6.44. The summed E-state index contributed by atoms with van der Waals surface area (Å²) in [6.45, 7) is 6.89. The maximum Gasteiger partial charge on any atom is 0.0800 e. The minimum absolute atomic E-state index is 0.480. The first kappa shape index (κ1) is 18.2. The number of anilines is 1. The van der Waals surface area contributed by atoms with Crippen molar-refractivity contribution in [2.75, 3.05) is 55.7 Å². The Hall–Kier alpha value is -1.14. The van der Waals surface area contributed by atoms with Crippen LogP contribution in [0.1, 0.15) is 10.9 Å². The molecule has 2 aliphatic rings. The van der Waals surface area contributed by atoms with Crippen LogP contribution in [0.2, 0.25) is 0 Å². The van der Waals surface area contributed by atoms with Gasteiger partial charge in [-0.25, -0.2) is 0 Å². The Balaban J connectivity index is 1.25. The summed E-state index contributed by atoms with van der Waals surface area (Å²) in [4.78, 5) is 6.56. The predicted molar refractivity (Wildman–Crippen MR) is 115 cm³/mol. The highest BCUT2D eigenvalue weighted by Gasteiger charge is 2.20. The van der Waals surface area contributed by atoms with E-state index in [1.807, 2.05) is 23.5 Å². The number of nitrogens with zero attached hydrogens (tertiary/aromatic N) is 2. The summed E-state index contributed by atoms with van der Waals surface area (Å²) >= 11 is 4.05. The minimum Gasteiger partial charge on any atom is -0.369 e. The van der Waals surface area contributed by atoms with Crippen molar-refractivity contribution in [2.45, 2.75) is 10.3 Å². The standard InChI is InChI=1S/C21H27N3S2/c1-2-6-18(7-3-1)24-13-11-23(12-14-24)15-17-25-20-9-5-4-8-19(20)21-22-10-16-26-21/h1-9,21-22H,10-17H2. The highest BCUT2D eigenvalue weighted by atomic mass is 32.2. The van der Waals surface area contributed by atoms with Crippen LogP contribution in [0.25, 0.3) is 0 Å². The van der Waals surface area contributed by atoms with Crippen molar-refractivity contribution >= 4 is 29.2 Å². The number of hydrogen-bond acceptors (Lipinski definition) is 5. The molecule has 2 aliphatic heterocycles. The second-order valence-corrected chi connectivity index (χ2v) is 9.11. The van der Waals surface area contributed by atoms with Crippen molar-refractivity contribution in [3.63, 3.8) is 0 Å². The number of thioether (sulfide) groups is 2. The maximum atomic E-state index is 3.61. The minimum atomic E-state index is 0.480. The van der Waals surface area contributed by atoms with E-state index >= 15 is 0 Å². The van der Waals surface area contributed by atoms with Gasteiger partial charge in [0.25, 0.3) is 0 Å². The second-order valence-electron chi connectivity index (χ2n) is 6.76. The predicted octanol–water partition coefficient (Wildman–Crippen LogP) is 3.94. The van der Waals surface area contributed by atoms with Gasteiger partial charge in [-0.1, -0.05) is 36.4 Å². The van der Waals surface area contributed by atoms with E-state index in [-0.39, 0.29) is 0 Å². The molecule has 26 heavy (non-hydrogen) atoms. The van der Waals surface area contributed by atoms with E-state index in [1.54, 1.807) is 0 Å². The van der Waals surface area contributed by atoms with E-state index in [0.29, 0.717) is 5.37 Å². The van der Waals surface area contributed by atoms with Gasteiger partial charge >= 0.3 is 0 Å². The monoisotopic (exact) mass is 385 g/mol. The SMILES string of the molecule is c1ccc(N2CCN(CCSc3ccccc3C3NCCS3)CC2)cc1. The van der Waals surface area contributed by atoms with Crippen molar-refractivity contribution in [3.8, 4) is 0 Å². The van der Waals surface area contributed by atoms with Gasteiger partial charge in [-0.15, -0.1) is 23.5 Å². The van der Waals surface area contributed by atoms with Gasteiger partial charge in [0.15, 0.2) is 0 Å². The molecule has 1 N–H and O–H groups in total. The molecule has 2 aromatic carbocycles. The van der Waals surface area contributed by atoms with E-state index < -0.39 is 0 Å². The van der Waals surface area contributed by atoms with E-state index in [9.17, 15) is 0 Å². The van der Waals surface area contributed by atoms with Crippen LogP contribution in [0, 0.1) is 0 Å². The number of para-hydroxylation sites is 1. The molecule has 0 amide bonds. The summed E-state index contributed by atoms with van der Waals surface area (Å²) < 4.78 is 0. The average Bonchev–Trinajstić information content (AvgIpc) is 3.24. The first-order valence-electron chi connectivity index (χ1n) is 9.49. The van der Waals surface area contributed by atoms with Crippen LogP contribution in [0.4, 0.5) is 5.69 Å². The molecule has 2 aromatic rings. The lowest BCUT2D eigenvalue weighted by molar-refractivity contribution is 0.273. The fourth-order valence-electron chi connectivity index (χ4n) is 3.61. The molecule has 0 aliphatic carbocycles. The second kappa shape index (κ2) is 9.18. The first-order chi connectivity index (χ1) is 12.9. The molecule has 1 unspecified atom stereocenters. The average molecular weight is 386 g/mol. The molecule has 0 bridgehead atoms. The normalized spacial score (nSPS) is 21.2. The van der Waals surface area contributed by atoms with E-state index in [4.69, 9.17) is 0 Å². The summed E-state index contributed by atoms with van der Waals surface area (Å²) in [7, 11) is 0. The zero-order valence-electron chi connectivity index (χ0n) is 15.1. The topological polar surface area (TPSA) is 18.5 Å². The van der Waals surface area contributed by atoms with Crippen LogP contribution in [0.3, 0.4) is 0 Å². The van der Waals surface area contributed by atoms with Crippen LogP contribution in [0.15, 0.2) is 59.5 Å². The summed E-state index contributed by atoms with van der Waals surface area (Å²) in [5.41, 5.74) is 2.82. The molecule has 2 fully saturated rings. The summed E-state index contributed by atoms with van der Waals surface area (Å²) in [5, 5.41) is 4.09. The van der Waals surface area contributed by atoms with Crippen LogP contribution < -0.4 is 10.2 Å². The third-order valence-electron chi connectivity index (χ3n) is 5.08.